The van der Waals surface area contributed by atoms with Crippen LogP contribution in [0.1, 0.15) is 11.5 Å². The second-order valence-electron chi connectivity index (χ2n) is 6.76. The van der Waals surface area contributed by atoms with Gasteiger partial charge < -0.3 is 9.72 Å². The number of aryl methyl sites for hydroxylation is 1. The molecule has 3 aromatic heterocycles. The number of ether oxygens (including phenoxy) is 1. The van der Waals surface area contributed by atoms with Crippen molar-refractivity contribution in [1.82, 2.24) is 24.6 Å². The molecule has 0 aliphatic heterocycles. The normalized spacial score (nSPS) is 11.4. The SMILES string of the molecule is COc1cccc(-c2cnc(CSc3nc4ccccc4c4cc(C)nn34)[nH]2)c1. The summed E-state index contributed by atoms with van der Waals surface area (Å²) in [5.41, 5.74) is 5.03. The summed E-state index contributed by atoms with van der Waals surface area (Å²) in [6.07, 6.45) is 1.85. The molecule has 0 fully saturated rings. The van der Waals surface area contributed by atoms with E-state index in [0.29, 0.717) is 5.75 Å². The van der Waals surface area contributed by atoms with Crippen molar-refractivity contribution in [3.05, 3.63) is 72.3 Å². The average molecular weight is 401 g/mol. The average Bonchev–Trinajstić information content (AvgIpc) is 3.38. The molecule has 0 amide bonds. The number of methoxy groups -OCH3 is 1. The van der Waals surface area contributed by atoms with Gasteiger partial charge in [-0.15, -0.1) is 0 Å². The molecule has 2 aromatic carbocycles. The molecule has 0 spiro atoms. The molecule has 0 aliphatic rings. The first-order valence-corrected chi connectivity index (χ1v) is 10.3. The van der Waals surface area contributed by atoms with Crippen LogP contribution in [0.5, 0.6) is 5.75 Å². The summed E-state index contributed by atoms with van der Waals surface area (Å²) in [6.45, 7) is 2.00. The van der Waals surface area contributed by atoms with Gasteiger partial charge in [0, 0.05) is 10.9 Å². The smallest absolute Gasteiger partial charge is 0.190 e. The molecule has 3 heterocycles. The van der Waals surface area contributed by atoms with Crippen molar-refractivity contribution >= 4 is 28.2 Å². The number of hydrogen-bond donors (Lipinski definition) is 1. The van der Waals surface area contributed by atoms with E-state index in [-0.39, 0.29) is 0 Å². The van der Waals surface area contributed by atoms with E-state index in [4.69, 9.17) is 9.72 Å². The van der Waals surface area contributed by atoms with Gasteiger partial charge in [-0.1, -0.05) is 42.1 Å². The number of H-pyrrole nitrogens is 1. The first-order chi connectivity index (χ1) is 14.2. The number of para-hydroxylation sites is 1. The Morgan fingerprint density at radius 1 is 1.10 bits per heavy atom. The van der Waals surface area contributed by atoms with Crippen LogP contribution in [0.2, 0.25) is 0 Å². The van der Waals surface area contributed by atoms with Gasteiger partial charge in [0.15, 0.2) is 5.16 Å². The largest absolute Gasteiger partial charge is 0.497 e. The second-order valence-corrected chi connectivity index (χ2v) is 7.70. The van der Waals surface area contributed by atoms with Crippen LogP contribution in [0.15, 0.2) is 66.0 Å². The third-order valence-corrected chi connectivity index (χ3v) is 5.70. The number of benzene rings is 2. The minimum atomic E-state index is 0.670. The monoisotopic (exact) mass is 401 g/mol. The fourth-order valence-electron chi connectivity index (χ4n) is 3.37. The van der Waals surface area contributed by atoms with Crippen LogP contribution < -0.4 is 4.74 Å². The molecule has 7 heteroatoms. The highest BCUT2D eigenvalue weighted by Crippen LogP contribution is 2.28. The number of rotatable bonds is 5. The van der Waals surface area contributed by atoms with Gasteiger partial charge in [-0.05, 0) is 31.2 Å². The topological polar surface area (TPSA) is 68.1 Å². The molecule has 1 N–H and O–H groups in total. The maximum Gasteiger partial charge on any atom is 0.190 e. The molecule has 5 rings (SSSR count). The minimum Gasteiger partial charge on any atom is -0.497 e. The van der Waals surface area contributed by atoms with E-state index in [0.717, 1.165) is 50.1 Å². The molecule has 0 bridgehead atoms. The van der Waals surface area contributed by atoms with Crippen molar-refractivity contribution < 1.29 is 4.74 Å². The van der Waals surface area contributed by atoms with Crippen LogP contribution in [0.25, 0.3) is 27.7 Å². The molecular weight excluding hydrogens is 382 g/mol. The van der Waals surface area contributed by atoms with Gasteiger partial charge in [0.1, 0.15) is 11.6 Å². The molecule has 0 saturated carbocycles. The molecular formula is C22H19N5OS. The van der Waals surface area contributed by atoms with E-state index >= 15 is 0 Å². The second kappa shape index (κ2) is 7.25. The molecule has 0 radical (unpaired) electrons. The number of nitrogens with zero attached hydrogens (tertiary/aromatic N) is 4. The summed E-state index contributed by atoms with van der Waals surface area (Å²) in [5, 5.41) is 6.60. The Hall–Kier alpha value is -3.32. The van der Waals surface area contributed by atoms with Crippen LogP contribution in [-0.2, 0) is 5.75 Å². The van der Waals surface area contributed by atoms with Gasteiger partial charge in [-0.25, -0.2) is 14.5 Å². The third-order valence-electron chi connectivity index (χ3n) is 4.76. The fraction of sp³-hybridized carbons (Fsp3) is 0.136. The summed E-state index contributed by atoms with van der Waals surface area (Å²) in [7, 11) is 1.67. The van der Waals surface area contributed by atoms with E-state index in [1.165, 1.54) is 0 Å². The lowest BCUT2D eigenvalue weighted by molar-refractivity contribution is 0.415. The van der Waals surface area contributed by atoms with Crippen LogP contribution in [0.3, 0.4) is 0 Å². The van der Waals surface area contributed by atoms with Gasteiger partial charge in [0.2, 0.25) is 0 Å². The standard InChI is InChI=1S/C22H19N5OS/c1-14-10-20-17-8-3-4-9-18(17)25-22(27(20)26-14)29-13-21-23-12-19(24-21)15-6-5-7-16(11-15)28-2/h3-12H,13H2,1-2H3,(H,23,24). The van der Waals surface area contributed by atoms with Crippen LogP contribution in [-0.4, -0.2) is 31.7 Å². The number of nitrogens with one attached hydrogen (secondary N) is 1. The Balaban J connectivity index is 1.44. The fourth-order valence-corrected chi connectivity index (χ4v) is 4.21. The summed E-state index contributed by atoms with van der Waals surface area (Å²) < 4.78 is 7.23. The van der Waals surface area contributed by atoms with Crippen LogP contribution in [0, 0.1) is 6.92 Å². The van der Waals surface area contributed by atoms with Crippen LogP contribution >= 0.6 is 11.8 Å². The summed E-state index contributed by atoms with van der Waals surface area (Å²) in [4.78, 5) is 12.8. The van der Waals surface area contributed by atoms with Gasteiger partial charge >= 0.3 is 0 Å². The molecule has 5 aromatic rings. The van der Waals surface area contributed by atoms with E-state index in [9.17, 15) is 0 Å². The lowest BCUT2D eigenvalue weighted by Crippen LogP contribution is -1.98. The Morgan fingerprint density at radius 3 is 2.90 bits per heavy atom. The zero-order valence-corrected chi connectivity index (χ0v) is 16.9. The molecule has 0 aliphatic carbocycles. The number of aromatic amines is 1. The van der Waals surface area contributed by atoms with Gasteiger partial charge in [0.05, 0.1) is 41.5 Å². The van der Waals surface area contributed by atoms with Crippen molar-refractivity contribution in [2.75, 3.05) is 7.11 Å². The first-order valence-electron chi connectivity index (χ1n) is 9.27. The molecule has 29 heavy (non-hydrogen) atoms. The minimum absolute atomic E-state index is 0.670. The number of thioether (sulfide) groups is 1. The first kappa shape index (κ1) is 17.8. The number of hydrogen-bond acceptors (Lipinski definition) is 5. The van der Waals surface area contributed by atoms with E-state index in [1.54, 1.807) is 18.9 Å². The van der Waals surface area contributed by atoms with Gasteiger partial charge in [0.25, 0.3) is 0 Å². The maximum absolute atomic E-state index is 5.31. The Kier molecular flexibility index (Phi) is 4.44. The molecule has 0 unspecified atom stereocenters. The van der Waals surface area contributed by atoms with E-state index in [2.05, 4.69) is 27.2 Å². The maximum atomic E-state index is 5.31. The zero-order chi connectivity index (χ0) is 19.8. The summed E-state index contributed by atoms with van der Waals surface area (Å²) in [5.74, 6) is 2.38. The highest BCUT2D eigenvalue weighted by molar-refractivity contribution is 7.98. The Labute approximate surface area is 172 Å². The Morgan fingerprint density at radius 2 is 2.00 bits per heavy atom. The predicted molar refractivity (Wildman–Crippen MR) is 115 cm³/mol. The van der Waals surface area contributed by atoms with Crippen molar-refractivity contribution in [2.24, 2.45) is 0 Å². The quantitative estimate of drug-likeness (QED) is 0.336. The van der Waals surface area contributed by atoms with E-state index < -0.39 is 0 Å². The lowest BCUT2D eigenvalue weighted by Gasteiger charge is -2.06. The lowest BCUT2D eigenvalue weighted by atomic mass is 10.1. The molecule has 0 atom stereocenters. The number of fused-ring (bicyclic) bond motifs is 3. The zero-order valence-electron chi connectivity index (χ0n) is 16.1. The third kappa shape index (κ3) is 3.34. The van der Waals surface area contributed by atoms with Gasteiger partial charge in [-0.3, -0.25) is 0 Å². The van der Waals surface area contributed by atoms with E-state index in [1.807, 2.05) is 60.1 Å². The summed E-state index contributed by atoms with van der Waals surface area (Å²) in [6, 6.07) is 18.2. The highest BCUT2D eigenvalue weighted by Gasteiger charge is 2.12. The van der Waals surface area contributed by atoms with Crippen molar-refractivity contribution in [3.63, 3.8) is 0 Å². The van der Waals surface area contributed by atoms with Crippen molar-refractivity contribution in [2.45, 2.75) is 17.8 Å². The van der Waals surface area contributed by atoms with Crippen molar-refractivity contribution in [1.29, 1.82) is 0 Å². The number of imidazole rings is 1. The molecule has 144 valence electrons. The van der Waals surface area contributed by atoms with Crippen LogP contribution in [0.4, 0.5) is 0 Å². The highest BCUT2D eigenvalue weighted by atomic mass is 32.2. The van der Waals surface area contributed by atoms with Gasteiger partial charge in [-0.2, -0.15) is 5.10 Å². The molecule has 6 nitrogen and oxygen atoms in total. The molecule has 0 saturated heterocycles. The predicted octanol–water partition coefficient (Wildman–Crippen LogP) is 4.88. The summed E-state index contributed by atoms with van der Waals surface area (Å²) >= 11 is 1.62. The Bertz CT molecular complexity index is 1320. The van der Waals surface area contributed by atoms with Crippen molar-refractivity contribution in [3.8, 4) is 17.0 Å². The number of aromatic nitrogens is 5.